The molecule has 0 bridgehead atoms. The van der Waals surface area contributed by atoms with Crippen LogP contribution in [0, 0.1) is 0 Å². The second-order valence-electron chi connectivity index (χ2n) is 5.25. The van der Waals surface area contributed by atoms with E-state index in [1.807, 2.05) is 27.7 Å². The molecule has 1 aromatic carbocycles. The normalized spacial score (nSPS) is 22.1. The van der Waals surface area contributed by atoms with Gasteiger partial charge in [-0.1, -0.05) is 59.2 Å². The predicted molar refractivity (Wildman–Crippen MR) is 87.2 cm³/mol. The smallest absolute Gasteiger partial charge is 0.0437 e. The van der Waals surface area contributed by atoms with Gasteiger partial charge in [0.15, 0.2) is 0 Å². The third-order valence-electron chi connectivity index (χ3n) is 4.09. The van der Waals surface area contributed by atoms with Gasteiger partial charge >= 0.3 is 0 Å². The average molecular weight is 261 g/mol. The molecule has 1 nitrogen and oxygen atoms in total. The molecule has 0 spiro atoms. The van der Waals surface area contributed by atoms with E-state index in [4.69, 9.17) is 0 Å². The SMILES string of the molecule is CC.CC.CCCC1(C)Cc2cccc3c2N1CC3. The third kappa shape index (κ3) is 2.80. The molecule has 19 heavy (non-hydrogen) atoms. The van der Waals surface area contributed by atoms with E-state index in [9.17, 15) is 0 Å². The molecular weight excluding hydrogens is 230 g/mol. The van der Waals surface area contributed by atoms with E-state index in [-0.39, 0.29) is 0 Å². The number of nitrogens with zero attached hydrogens (tertiary/aromatic N) is 1. The van der Waals surface area contributed by atoms with Gasteiger partial charge in [-0.15, -0.1) is 0 Å². The summed E-state index contributed by atoms with van der Waals surface area (Å²) in [5.41, 5.74) is 5.14. The molecule has 0 saturated heterocycles. The fraction of sp³-hybridized carbons (Fsp3) is 0.667. The minimum Gasteiger partial charge on any atom is -0.365 e. The Morgan fingerprint density at radius 1 is 1.11 bits per heavy atom. The second kappa shape index (κ2) is 6.98. The molecule has 3 rings (SSSR count). The van der Waals surface area contributed by atoms with Gasteiger partial charge in [0, 0.05) is 17.8 Å². The predicted octanol–water partition coefficient (Wildman–Crippen LogP) is 5.22. The van der Waals surface area contributed by atoms with E-state index < -0.39 is 0 Å². The van der Waals surface area contributed by atoms with Gasteiger partial charge < -0.3 is 4.90 Å². The third-order valence-corrected chi connectivity index (χ3v) is 4.09. The monoisotopic (exact) mass is 261 g/mol. The highest BCUT2D eigenvalue weighted by molar-refractivity contribution is 5.69. The van der Waals surface area contributed by atoms with Crippen molar-refractivity contribution in [3.63, 3.8) is 0 Å². The van der Waals surface area contributed by atoms with Gasteiger partial charge in [0.25, 0.3) is 0 Å². The van der Waals surface area contributed by atoms with Crippen molar-refractivity contribution in [2.75, 3.05) is 11.4 Å². The van der Waals surface area contributed by atoms with Crippen LogP contribution in [0.4, 0.5) is 5.69 Å². The molecule has 0 saturated carbocycles. The van der Waals surface area contributed by atoms with Crippen molar-refractivity contribution in [1.29, 1.82) is 0 Å². The van der Waals surface area contributed by atoms with Gasteiger partial charge in [-0.2, -0.15) is 0 Å². The van der Waals surface area contributed by atoms with E-state index in [2.05, 4.69) is 36.9 Å². The first-order chi connectivity index (χ1) is 9.24. The summed E-state index contributed by atoms with van der Waals surface area (Å²) in [6, 6.07) is 6.85. The number of hydrogen-bond donors (Lipinski definition) is 0. The molecule has 0 fully saturated rings. The lowest BCUT2D eigenvalue weighted by Crippen LogP contribution is -2.43. The van der Waals surface area contributed by atoms with Crippen molar-refractivity contribution < 1.29 is 0 Å². The van der Waals surface area contributed by atoms with Crippen molar-refractivity contribution >= 4 is 5.69 Å². The van der Waals surface area contributed by atoms with Crippen LogP contribution in [0.3, 0.4) is 0 Å². The fourth-order valence-corrected chi connectivity index (χ4v) is 3.49. The first-order valence-electron chi connectivity index (χ1n) is 8.13. The minimum atomic E-state index is 0.406. The zero-order valence-electron chi connectivity index (χ0n) is 13.7. The summed E-state index contributed by atoms with van der Waals surface area (Å²) >= 11 is 0. The standard InChI is InChI=1S/C14H19N.2C2H6/c1-3-8-14(2)10-12-6-4-5-11-7-9-15(14)13(11)12;2*1-2/h4-6H,3,7-10H2,1-2H3;2*1-2H3. The highest BCUT2D eigenvalue weighted by Gasteiger charge is 2.42. The number of benzene rings is 1. The molecule has 0 aliphatic carbocycles. The van der Waals surface area contributed by atoms with Crippen LogP contribution in [0.5, 0.6) is 0 Å². The van der Waals surface area contributed by atoms with Crippen LogP contribution in [0.1, 0.15) is 65.5 Å². The number of hydrogen-bond acceptors (Lipinski definition) is 1. The molecular formula is C18H31N. The molecule has 1 heteroatoms. The van der Waals surface area contributed by atoms with Crippen LogP contribution in [0.15, 0.2) is 18.2 Å². The van der Waals surface area contributed by atoms with Gasteiger partial charge in [-0.05, 0) is 37.3 Å². The Labute approximate surface area is 120 Å². The fourth-order valence-electron chi connectivity index (χ4n) is 3.49. The summed E-state index contributed by atoms with van der Waals surface area (Å²) in [6.45, 7) is 14.0. The van der Waals surface area contributed by atoms with Crippen LogP contribution in [-0.4, -0.2) is 12.1 Å². The van der Waals surface area contributed by atoms with E-state index >= 15 is 0 Å². The van der Waals surface area contributed by atoms with Crippen LogP contribution in [0.25, 0.3) is 0 Å². The molecule has 1 unspecified atom stereocenters. The number of para-hydroxylation sites is 1. The molecule has 108 valence electrons. The van der Waals surface area contributed by atoms with E-state index in [1.165, 1.54) is 32.2 Å². The molecule has 0 amide bonds. The summed E-state index contributed by atoms with van der Waals surface area (Å²) in [7, 11) is 0. The maximum absolute atomic E-state index is 2.67. The first-order valence-corrected chi connectivity index (χ1v) is 8.13. The molecule has 2 aliphatic rings. The largest absolute Gasteiger partial charge is 0.365 e. The molecule has 2 aliphatic heterocycles. The lowest BCUT2D eigenvalue weighted by Gasteiger charge is -2.35. The topological polar surface area (TPSA) is 3.24 Å². The maximum atomic E-state index is 2.67. The first kappa shape index (κ1) is 16.1. The van der Waals surface area contributed by atoms with Crippen molar-refractivity contribution in [2.24, 2.45) is 0 Å². The van der Waals surface area contributed by atoms with Gasteiger partial charge in [-0.25, -0.2) is 0 Å². The van der Waals surface area contributed by atoms with Gasteiger partial charge in [0.1, 0.15) is 0 Å². The van der Waals surface area contributed by atoms with Crippen LogP contribution in [0.2, 0.25) is 0 Å². The number of rotatable bonds is 2. The summed E-state index contributed by atoms with van der Waals surface area (Å²) in [4.78, 5) is 2.67. The van der Waals surface area contributed by atoms with Crippen LogP contribution in [-0.2, 0) is 12.8 Å². The Bertz CT molecular complexity index is 397. The lowest BCUT2D eigenvalue weighted by molar-refractivity contribution is 0.412. The van der Waals surface area contributed by atoms with Crippen molar-refractivity contribution in [1.82, 2.24) is 0 Å². The Morgan fingerprint density at radius 3 is 2.37 bits per heavy atom. The highest BCUT2D eigenvalue weighted by Crippen LogP contribution is 2.46. The average Bonchev–Trinajstić information content (AvgIpc) is 3.00. The minimum absolute atomic E-state index is 0.406. The molecule has 0 aromatic heterocycles. The van der Waals surface area contributed by atoms with E-state index in [1.54, 1.807) is 16.8 Å². The Kier molecular flexibility index (Phi) is 5.90. The Balaban J connectivity index is 0.000000415. The maximum Gasteiger partial charge on any atom is 0.0437 e. The second-order valence-corrected chi connectivity index (χ2v) is 5.25. The van der Waals surface area contributed by atoms with Gasteiger partial charge in [0.2, 0.25) is 0 Å². The summed E-state index contributed by atoms with van der Waals surface area (Å²) in [5.74, 6) is 0. The summed E-state index contributed by atoms with van der Waals surface area (Å²) in [5, 5.41) is 0. The molecule has 1 atom stereocenters. The van der Waals surface area contributed by atoms with Crippen LogP contribution >= 0.6 is 0 Å². The van der Waals surface area contributed by atoms with E-state index in [0.717, 1.165) is 0 Å². The number of anilines is 1. The molecule has 2 heterocycles. The van der Waals surface area contributed by atoms with Crippen molar-refractivity contribution in [2.45, 2.75) is 72.8 Å². The zero-order valence-corrected chi connectivity index (χ0v) is 13.7. The Morgan fingerprint density at radius 2 is 1.74 bits per heavy atom. The molecule has 1 aromatic rings. The molecule has 0 radical (unpaired) electrons. The molecule has 0 N–H and O–H groups in total. The summed E-state index contributed by atoms with van der Waals surface area (Å²) < 4.78 is 0. The quantitative estimate of drug-likeness (QED) is 0.706. The van der Waals surface area contributed by atoms with Gasteiger partial charge in [-0.3, -0.25) is 0 Å². The van der Waals surface area contributed by atoms with Gasteiger partial charge in [0.05, 0.1) is 0 Å². The zero-order chi connectivity index (χ0) is 14.5. The lowest BCUT2D eigenvalue weighted by atomic mass is 9.90. The van der Waals surface area contributed by atoms with E-state index in [0.29, 0.717) is 5.54 Å². The van der Waals surface area contributed by atoms with Crippen LogP contribution < -0.4 is 4.90 Å². The summed E-state index contributed by atoms with van der Waals surface area (Å²) in [6.07, 6.45) is 5.12. The Hall–Kier alpha value is -0.980. The van der Waals surface area contributed by atoms with Crippen molar-refractivity contribution in [3.8, 4) is 0 Å². The van der Waals surface area contributed by atoms with Crippen molar-refractivity contribution in [3.05, 3.63) is 29.3 Å². The highest BCUT2D eigenvalue weighted by atomic mass is 15.2.